The Morgan fingerprint density at radius 1 is 1.39 bits per heavy atom. The first-order valence-electron chi connectivity index (χ1n) is 6.77. The molecule has 0 spiro atoms. The van der Waals surface area contributed by atoms with Crippen molar-refractivity contribution in [2.24, 2.45) is 0 Å². The third-order valence-electron chi connectivity index (χ3n) is 3.81. The summed E-state index contributed by atoms with van der Waals surface area (Å²) in [6.07, 6.45) is 5.63. The number of piperidine rings is 1. The molecular formula is C14H18N4. The Morgan fingerprint density at radius 3 is 3.11 bits per heavy atom. The van der Waals surface area contributed by atoms with Gasteiger partial charge in [-0.1, -0.05) is 0 Å². The molecule has 1 saturated heterocycles. The van der Waals surface area contributed by atoms with Gasteiger partial charge < -0.3 is 10.6 Å². The number of nitrogens with zero attached hydrogens (tertiary/aromatic N) is 2. The van der Waals surface area contributed by atoms with E-state index in [9.17, 15) is 5.26 Å². The number of rotatable bonds is 2. The van der Waals surface area contributed by atoms with Crippen molar-refractivity contribution < 1.29 is 0 Å². The molecule has 18 heavy (non-hydrogen) atoms. The fourth-order valence-electron chi connectivity index (χ4n) is 2.84. The Balaban J connectivity index is 1.84. The number of aryl methyl sites for hydroxylation is 2. The quantitative estimate of drug-likeness (QED) is 0.827. The number of hydrogen-bond acceptors (Lipinski definition) is 4. The maximum Gasteiger partial charge on any atom is 0.144 e. The van der Waals surface area contributed by atoms with Crippen molar-refractivity contribution in [2.75, 3.05) is 18.4 Å². The summed E-state index contributed by atoms with van der Waals surface area (Å²) < 4.78 is 0. The van der Waals surface area contributed by atoms with Gasteiger partial charge in [-0.15, -0.1) is 0 Å². The van der Waals surface area contributed by atoms with Crippen molar-refractivity contribution in [2.45, 2.75) is 38.1 Å². The number of nitrogens with one attached hydrogen (secondary N) is 2. The van der Waals surface area contributed by atoms with Crippen LogP contribution in [0.1, 0.15) is 36.1 Å². The van der Waals surface area contributed by atoms with E-state index in [0.29, 0.717) is 11.6 Å². The summed E-state index contributed by atoms with van der Waals surface area (Å²) in [6, 6.07) is 4.69. The summed E-state index contributed by atoms with van der Waals surface area (Å²) in [7, 11) is 0. The lowest BCUT2D eigenvalue weighted by atomic mass is 10.1. The van der Waals surface area contributed by atoms with Gasteiger partial charge >= 0.3 is 0 Å². The molecule has 1 fully saturated rings. The number of hydrogen-bond donors (Lipinski definition) is 2. The number of anilines is 1. The Hall–Kier alpha value is -1.60. The number of aromatic nitrogens is 1. The van der Waals surface area contributed by atoms with E-state index in [-0.39, 0.29) is 0 Å². The molecule has 1 atom stereocenters. The SMILES string of the molecule is N#Cc1cc2c(nc1NC1CCCNC1)CCC2. The van der Waals surface area contributed by atoms with Crippen molar-refractivity contribution in [3.63, 3.8) is 0 Å². The van der Waals surface area contributed by atoms with Crippen molar-refractivity contribution >= 4 is 5.82 Å². The van der Waals surface area contributed by atoms with Crippen LogP contribution in [0.5, 0.6) is 0 Å². The molecule has 1 aliphatic heterocycles. The first kappa shape index (κ1) is 11.5. The maximum atomic E-state index is 9.23. The van der Waals surface area contributed by atoms with Crippen LogP contribution in [0.25, 0.3) is 0 Å². The van der Waals surface area contributed by atoms with Crippen molar-refractivity contribution in [3.8, 4) is 6.07 Å². The van der Waals surface area contributed by atoms with Crippen LogP contribution in [0.2, 0.25) is 0 Å². The molecule has 1 aromatic rings. The summed E-state index contributed by atoms with van der Waals surface area (Å²) >= 11 is 0. The van der Waals surface area contributed by atoms with Crippen LogP contribution >= 0.6 is 0 Å². The number of fused-ring (bicyclic) bond motifs is 1. The molecule has 2 heterocycles. The zero-order valence-electron chi connectivity index (χ0n) is 10.5. The summed E-state index contributed by atoms with van der Waals surface area (Å²) in [4.78, 5) is 4.66. The lowest BCUT2D eigenvalue weighted by molar-refractivity contribution is 0.479. The average molecular weight is 242 g/mol. The standard InChI is InChI=1S/C14H18N4/c15-8-11-7-10-3-1-5-13(10)18-14(11)17-12-4-2-6-16-9-12/h7,12,16H,1-6,9H2,(H,17,18). The minimum Gasteiger partial charge on any atom is -0.365 e. The van der Waals surface area contributed by atoms with Gasteiger partial charge in [0.15, 0.2) is 0 Å². The van der Waals surface area contributed by atoms with Crippen LogP contribution in [-0.2, 0) is 12.8 Å². The monoisotopic (exact) mass is 242 g/mol. The predicted octanol–water partition coefficient (Wildman–Crippen LogP) is 1.61. The van der Waals surface area contributed by atoms with E-state index in [4.69, 9.17) is 0 Å². The molecule has 1 unspecified atom stereocenters. The molecule has 4 heteroatoms. The zero-order chi connectivity index (χ0) is 12.4. The number of pyridine rings is 1. The van der Waals surface area contributed by atoms with Gasteiger partial charge in [-0.3, -0.25) is 0 Å². The van der Waals surface area contributed by atoms with Gasteiger partial charge in [0.25, 0.3) is 0 Å². The highest BCUT2D eigenvalue weighted by atomic mass is 15.1. The molecule has 1 aromatic heterocycles. The van der Waals surface area contributed by atoms with E-state index in [1.54, 1.807) is 0 Å². The Kier molecular flexibility index (Phi) is 3.16. The number of nitriles is 1. The summed E-state index contributed by atoms with van der Waals surface area (Å²) in [5.74, 6) is 0.784. The maximum absolute atomic E-state index is 9.23. The second-order valence-corrected chi connectivity index (χ2v) is 5.14. The zero-order valence-corrected chi connectivity index (χ0v) is 10.5. The Bertz CT molecular complexity index is 483. The average Bonchev–Trinajstić information content (AvgIpc) is 2.86. The Morgan fingerprint density at radius 2 is 2.33 bits per heavy atom. The van der Waals surface area contributed by atoms with E-state index < -0.39 is 0 Å². The van der Waals surface area contributed by atoms with E-state index >= 15 is 0 Å². The minimum atomic E-state index is 0.401. The van der Waals surface area contributed by atoms with Crippen molar-refractivity contribution in [3.05, 3.63) is 22.9 Å². The molecule has 2 aliphatic rings. The molecule has 0 amide bonds. The van der Waals surface area contributed by atoms with Crippen LogP contribution in [0.15, 0.2) is 6.07 Å². The van der Waals surface area contributed by atoms with Crippen LogP contribution in [0.3, 0.4) is 0 Å². The van der Waals surface area contributed by atoms with Gasteiger partial charge in [0, 0.05) is 18.3 Å². The first-order valence-corrected chi connectivity index (χ1v) is 6.77. The van der Waals surface area contributed by atoms with Gasteiger partial charge in [-0.2, -0.15) is 5.26 Å². The topological polar surface area (TPSA) is 60.7 Å². The third-order valence-corrected chi connectivity index (χ3v) is 3.81. The van der Waals surface area contributed by atoms with Crippen molar-refractivity contribution in [1.82, 2.24) is 10.3 Å². The highest BCUT2D eigenvalue weighted by Gasteiger charge is 2.19. The minimum absolute atomic E-state index is 0.401. The molecule has 2 N–H and O–H groups in total. The highest BCUT2D eigenvalue weighted by Crippen LogP contribution is 2.25. The molecule has 0 radical (unpaired) electrons. The van der Waals surface area contributed by atoms with Crippen LogP contribution < -0.4 is 10.6 Å². The summed E-state index contributed by atoms with van der Waals surface area (Å²) in [5.41, 5.74) is 3.14. The van der Waals surface area contributed by atoms with Gasteiger partial charge in [-0.25, -0.2) is 4.98 Å². The molecule has 4 nitrogen and oxygen atoms in total. The second-order valence-electron chi connectivity index (χ2n) is 5.14. The largest absolute Gasteiger partial charge is 0.365 e. The van der Waals surface area contributed by atoms with E-state index in [0.717, 1.165) is 38.2 Å². The predicted molar refractivity (Wildman–Crippen MR) is 70.5 cm³/mol. The van der Waals surface area contributed by atoms with Gasteiger partial charge in [-0.05, 0) is 50.3 Å². The lowest BCUT2D eigenvalue weighted by Crippen LogP contribution is -2.38. The first-order chi connectivity index (χ1) is 8.86. The second kappa shape index (κ2) is 4.95. The van der Waals surface area contributed by atoms with Crippen LogP contribution in [-0.4, -0.2) is 24.1 Å². The molecule has 1 aliphatic carbocycles. The molecule has 0 bridgehead atoms. The van der Waals surface area contributed by atoms with E-state index in [1.807, 2.05) is 6.07 Å². The third kappa shape index (κ3) is 2.19. The van der Waals surface area contributed by atoms with Gasteiger partial charge in [0.2, 0.25) is 0 Å². The van der Waals surface area contributed by atoms with E-state index in [1.165, 1.54) is 24.1 Å². The molecule has 94 valence electrons. The van der Waals surface area contributed by atoms with Gasteiger partial charge in [0.1, 0.15) is 11.9 Å². The molecule has 0 aromatic carbocycles. The smallest absolute Gasteiger partial charge is 0.144 e. The Labute approximate surface area is 107 Å². The van der Waals surface area contributed by atoms with Gasteiger partial charge in [0.05, 0.1) is 5.56 Å². The molecule has 0 saturated carbocycles. The van der Waals surface area contributed by atoms with Crippen LogP contribution in [0.4, 0.5) is 5.82 Å². The fraction of sp³-hybridized carbons (Fsp3) is 0.571. The lowest BCUT2D eigenvalue weighted by Gasteiger charge is -2.25. The van der Waals surface area contributed by atoms with Crippen LogP contribution in [0, 0.1) is 11.3 Å². The summed E-state index contributed by atoms with van der Waals surface area (Å²) in [5, 5.41) is 16.0. The van der Waals surface area contributed by atoms with Crippen molar-refractivity contribution in [1.29, 1.82) is 5.26 Å². The molecular weight excluding hydrogens is 224 g/mol. The summed E-state index contributed by atoms with van der Waals surface area (Å²) in [6.45, 7) is 2.06. The molecule has 3 rings (SSSR count). The normalized spacial score (nSPS) is 22.3. The highest BCUT2D eigenvalue weighted by molar-refractivity contribution is 5.55. The van der Waals surface area contributed by atoms with E-state index in [2.05, 4.69) is 21.7 Å². The fourth-order valence-corrected chi connectivity index (χ4v) is 2.84.